The van der Waals surface area contributed by atoms with Gasteiger partial charge in [0.2, 0.25) is 0 Å². The molecule has 0 unspecified atom stereocenters. The molecule has 112 valence electrons. The number of nitrogens with two attached hydrogens (primary N) is 1. The number of hydrogen-bond donors (Lipinski definition) is 1. The predicted molar refractivity (Wildman–Crippen MR) is 82.9 cm³/mol. The molecule has 0 saturated carbocycles. The van der Waals surface area contributed by atoms with E-state index >= 15 is 0 Å². The van der Waals surface area contributed by atoms with E-state index in [1.807, 2.05) is 50.8 Å². The zero-order chi connectivity index (χ0) is 15.2. The van der Waals surface area contributed by atoms with E-state index in [-0.39, 0.29) is 12.5 Å². The average molecular weight is 278 g/mol. The fourth-order valence-electron chi connectivity index (χ4n) is 1.94. The minimum absolute atomic E-state index is 0.212. The lowest BCUT2D eigenvalue weighted by atomic mass is 10.2. The average Bonchev–Trinajstić information content (AvgIpc) is 2.32. The van der Waals surface area contributed by atoms with Gasteiger partial charge in [-0.1, -0.05) is 12.1 Å². The van der Waals surface area contributed by atoms with Crippen LogP contribution in [0.4, 0.5) is 5.69 Å². The highest BCUT2D eigenvalue weighted by Crippen LogP contribution is 2.17. The highest BCUT2D eigenvalue weighted by Gasteiger charge is 2.19. The van der Waals surface area contributed by atoms with Crippen molar-refractivity contribution in [2.45, 2.75) is 39.7 Å². The Balaban J connectivity index is 2.77. The Labute approximate surface area is 121 Å². The molecule has 0 aliphatic heterocycles. The third-order valence-corrected chi connectivity index (χ3v) is 2.74. The van der Waals surface area contributed by atoms with Crippen LogP contribution in [0.15, 0.2) is 24.3 Å². The van der Waals surface area contributed by atoms with Gasteiger partial charge < -0.3 is 15.4 Å². The van der Waals surface area contributed by atoms with E-state index in [4.69, 9.17) is 10.5 Å². The maximum atomic E-state index is 12.0. The molecule has 4 heteroatoms. The quantitative estimate of drug-likeness (QED) is 0.812. The molecule has 0 aliphatic carbocycles. The minimum atomic E-state index is -0.455. The molecule has 0 bridgehead atoms. The summed E-state index contributed by atoms with van der Waals surface area (Å²) in [6.45, 7) is 9.28. The van der Waals surface area contributed by atoms with E-state index in [1.54, 1.807) is 0 Å². The minimum Gasteiger partial charge on any atom is -0.459 e. The van der Waals surface area contributed by atoms with Crippen molar-refractivity contribution in [2.75, 3.05) is 24.5 Å². The summed E-state index contributed by atoms with van der Waals surface area (Å²) in [5, 5.41) is 0. The maximum Gasteiger partial charge on any atom is 0.326 e. The Kier molecular flexibility index (Phi) is 6.02. The number of aryl methyl sites for hydroxylation is 1. The summed E-state index contributed by atoms with van der Waals surface area (Å²) in [6.07, 6.45) is 0.844. The van der Waals surface area contributed by atoms with E-state index in [9.17, 15) is 4.79 Å². The lowest BCUT2D eigenvalue weighted by molar-refractivity contribution is -0.153. The second-order valence-electron chi connectivity index (χ2n) is 5.99. The second-order valence-corrected chi connectivity index (χ2v) is 5.99. The summed E-state index contributed by atoms with van der Waals surface area (Å²) in [7, 11) is 0. The smallest absolute Gasteiger partial charge is 0.326 e. The van der Waals surface area contributed by atoms with Crippen LogP contribution in [-0.4, -0.2) is 31.2 Å². The van der Waals surface area contributed by atoms with Crippen LogP contribution in [-0.2, 0) is 9.53 Å². The molecule has 1 rings (SSSR count). The first-order valence-corrected chi connectivity index (χ1v) is 7.05. The van der Waals surface area contributed by atoms with Crippen LogP contribution in [0, 0.1) is 6.92 Å². The molecule has 4 nitrogen and oxygen atoms in total. The zero-order valence-electron chi connectivity index (χ0n) is 13.0. The molecule has 0 aromatic heterocycles. The van der Waals surface area contributed by atoms with Gasteiger partial charge in [-0.05, 0) is 58.4 Å². The van der Waals surface area contributed by atoms with Gasteiger partial charge in [-0.3, -0.25) is 4.79 Å². The fourth-order valence-corrected chi connectivity index (χ4v) is 1.94. The van der Waals surface area contributed by atoms with E-state index in [2.05, 4.69) is 6.07 Å². The molecule has 0 amide bonds. The second kappa shape index (κ2) is 7.29. The Morgan fingerprint density at radius 3 is 2.60 bits per heavy atom. The summed E-state index contributed by atoms with van der Waals surface area (Å²) >= 11 is 0. The molecule has 0 saturated heterocycles. The van der Waals surface area contributed by atoms with Crippen LogP contribution >= 0.6 is 0 Å². The van der Waals surface area contributed by atoms with Gasteiger partial charge in [0.1, 0.15) is 12.1 Å². The van der Waals surface area contributed by atoms with Gasteiger partial charge in [0, 0.05) is 12.2 Å². The third kappa shape index (κ3) is 6.06. The fraction of sp³-hybridized carbons (Fsp3) is 0.562. The highest BCUT2D eigenvalue weighted by atomic mass is 16.6. The number of nitrogens with zero attached hydrogens (tertiary/aromatic N) is 1. The van der Waals surface area contributed by atoms with E-state index in [1.165, 1.54) is 5.56 Å². The Hall–Kier alpha value is -1.55. The molecule has 1 aromatic carbocycles. The number of esters is 1. The molecule has 0 atom stereocenters. The SMILES string of the molecule is Cc1cccc(N(CCCN)CC(=O)OC(C)(C)C)c1. The van der Waals surface area contributed by atoms with Crippen LogP contribution in [0.25, 0.3) is 0 Å². The van der Waals surface area contributed by atoms with Crippen molar-refractivity contribution in [1.82, 2.24) is 0 Å². The van der Waals surface area contributed by atoms with Crippen molar-refractivity contribution in [2.24, 2.45) is 5.73 Å². The van der Waals surface area contributed by atoms with Crippen LogP contribution in [0.5, 0.6) is 0 Å². The molecule has 0 spiro atoms. The van der Waals surface area contributed by atoms with Crippen molar-refractivity contribution in [3.63, 3.8) is 0 Å². The van der Waals surface area contributed by atoms with Crippen LogP contribution in [0.1, 0.15) is 32.8 Å². The predicted octanol–water partition coefficient (Wildman–Crippen LogP) is 2.49. The van der Waals surface area contributed by atoms with E-state index in [0.29, 0.717) is 6.54 Å². The highest BCUT2D eigenvalue weighted by molar-refractivity contribution is 5.76. The first-order valence-electron chi connectivity index (χ1n) is 7.05. The summed E-state index contributed by atoms with van der Waals surface area (Å²) in [6, 6.07) is 8.11. The molecule has 0 fully saturated rings. The van der Waals surface area contributed by atoms with Gasteiger partial charge in [0.05, 0.1) is 0 Å². The molecule has 1 aromatic rings. The summed E-state index contributed by atoms with van der Waals surface area (Å²) in [5.74, 6) is -0.212. The molecular formula is C16H26N2O2. The van der Waals surface area contributed by atoms with Gasteiger partial charge in [0.15, 0.2) is 0 Å². The van der Waals surface area contributed by atoms with Gasteiger partial charge in [-0.2, -0.15) is 0 Å². The number of anilines is 1. The monoisotopic (exact) mass is 278 g/mol. The van der Waals surface area contributed by atoms with E-state index in [0.717, 1.165) is 18.7 Å². The molecule has 2 N–H and O–H groups in total. The molecule has 0 aliphatic rings. The largest absolute Gasteiger partial charge is 0.459 e. The van der Waals surface area contributed by atoms with Crippen molar-refractivity contribution < 1.29 is 9.53 Å². The Bertz CT molecular complexity index is 438. The summed E-state index contributed by atoms with van der Waals surface area (Å²) in [4.78, 5) is 14.0. The number of carbonyl (C=O) groups is 1. The lowest BCUT2D eigenvalue weighted by Gasteiger charge is -2.26. The summed E-state index contributed by atoms with van der Waals surface area (Å²) in [5.41, 5.74) is 7.32. The van der Waals surface area contributed by atoms with Crippen LogP contribution in [0.3, 0.4) is 0 Å². The maximum absolute atomic E-state index is 12.0. The van der Waals surface area contributed by atoms with Crippen LogP contribution < -0.4 is 10.6 Å². The Morgan fingerprint density at radius 1 is 1.35 bits per heavy atom. The summed E-state index contributed by atoms with van der Waals surface area (Å²) < 4.78 is 5.39. The first kappa shape index (κ1) is 16.5. The van der Waals surface area contributed by atoms with Gasteiger partial charge in [-0.15, -0.1) is 0 Å². The van der Waals surface area contributed by atoms with Gasteiger partial charge >= 0.3 is 5.97 Å². The number of carbonyl (C=O) groups excluding carboxylic acids is 1. The van der Waals surface area contributed by atoms with Crippen LogP contribution in [0.2, 0.25) is 0 Å². The lowest BCUT2D eigenvalue weighted by Crippen LogP contribution is -2.36. The van der Waals surface area contributed by atoms with Crippen molar-refractivity contribution >= 4 is 11.7 Å². The standard InChI is InChI=1S/C16H26N2O2/c1-13-7-5-8-14(11-13)18(10-6-9-17)12-15(19)20-16(2,3)4/h5,7-8,11H,6,9-10,12,17H2,1-4H3. The molecular weight excluding hydrogens is 252 g/mol. The number of rotatable bonds is 6. The first-order chi connectivity index (χ1) is 9.31. The van der Waals surface area contributed by atoms with Crippen molar-refractivity contribution in [1.29, 1.82) is 0 Å². The molecule has 0 heterocycles. The normalized spacial score (nSPS) is 11.2. The number of hydrogen-bond acceptors (Lipinski definition) is 4. The molecule has 0 radical (unpaired) electrons. The zero-order valence-corrected chi connectivity index (χ0v) is 13.0. The number of ether oxygens (including phenoxy) is 1. The topological polar surface area (TPSA) is 55.6 Å². The van der Waals surface area contributed by atoms with Crippen molar-refractivity contribution in [3.8, 4) is 0 Å². The third-order valence-electron chi connectivity index (χ3n) is 2.74. The van der Waals surface area contributed by atoms with Gasteiger partial charge in [0.25, 0.3) is 0 Å². The molecule has 20 heavy (non-hydrogen) atoms. The Morgan fingerprint density at radius 2 is 2.05 bits per heavy atom. The number of benzene rings is 1. The van der Waals surface area contributed by atoms with Crippen molar-refractivity contribution in [3.05, 3.63) is 29.8 Å². The van der Waals surface area contributed by atoms with Gasteiger partial charge in [-0.25, -0.2) is 0 Å². The van der Waals surface area contributed by atoms with E-state index < -0.39 is 5.60 Å².